The molecule has 0 spiro atoms. The molecule has 4 nitrogen and oxygen atoms in total. The summed E-state index contributed by atoms with van der Waals surface area (Å²) in [7, 11) is -3.38. The van der Waals surface area contributed by atoms with E-state index in [2.05, 4.69) is 21.2 Å². The van der Waals surface area contributed by atoms with Crippen LogP contribution in [0.3, 0.4) is 0 Å². The predicted molar refractivity (Wildman–Crippen MR) is 72.8 cm³/mol. The van der Waals surface area contributed by atoms with E-state index >= 15 is 0 Å². The lowest BCUT2D eigenvalue weighted by molar-refractivity contribution is 0.382. The fourth-order valence-corrected chi connectivity index (χ4v) is 5.55. The maximum Gasteiger partial charge on any atom is 0.244 e. The quantitative estimate of drug-likeness (QED) is 0.892. The SMILES string of the molecule is O=S(=O)(c1ccccc1Br)N1CC[C@@H]2CNC[C@@H]21. The zero-order valence-electron chi connectivity index (χ0n) is 9.84. The average Bonchev–Trinajstić information content (AvgIpc) is 2.90. The molecule has 0 saturated carbocycles. The van der Waals surface area contributed by atoms with Crippen LogP contribution in [-0.2, 0) is 10.0 Å². The minimum absolute atomic E-state index is 0.127. The largest absolute Gasteiger partial charge is 0.315 e. The molecule has 2 aliphatic heterocycles. The van der Waals surface area contributed by atoms with Crippen LogP contribution in [0, 0.1) is 5.92 Å². The van der Waals surface area contributed by atoms with Gasteiger partial charge in [-0.05, 0) is 46.9 Å². The Labute approximate surface area is 116 Å². The highest BCUT2D eigenvalue weighted by Gasteiger charge is 2.44. The molecule has 18 heavy (non-hydrogen) atoms. The molecule has 2 saturated heterocycles. The van der Waals surface area contributed by atoms with Gasteiger partial charge in [0.2, 0.25) is 10.0 Å². The standard InChI is InChI=1S/C12H15BrN2O2S/c13-10-3-1-2-4-12(10)18(16,17)15-6-5-9-7-14-8-11(9)15/h1-4,9,11,14H,5-8H2/t9-,11+/m1/s1. The van der Waals surface area contributed by atoms with E-state index in [-0.39, 0.29) is 6.04 Å². The second-order valence-corrected chi connectivity index (χ2v) is 7.53. The Kier molecular flexibility index (Phi) is 3.21. The van der Waals surface area contributed by atoms with Gasteiger partial charge in [-0.25, -0.2) is 8.42 Å². The van der Waals surface area contributed by atoms with Gasteiger partial charge in [-0.15, -0.1) is 0 Å². The smallest absolute Gasteiger partial charge is 0.244 e. The van der Waals surface area contributed by atoms with E-state index in [0.29, 0.717) is 21.8 Å². The minimum Gasteiger partial charge on any atom is -0.315 e. The predicted octanol–water partition coefficient (Wildman–Crippen LogP) is 1.43. The molecule has 1 aromatic rings. The molecule has 0 unspecified atom stereocenters. The zero-order chi connectivity index (χ0) is 12.8. The maximum atomic E-state index is 12.7. The summed E-state index contributed by atoms with van der Waals surface area (Å²) in [6, 6.07) is 7.15. The molecule has 0 amide bonds. The van der Waals surface area contributed by atoms with Crippen LogP contribution in [0.25, 0.3) is 0 Å². The van der Waals surface area contributed by atoms with Crippen molar-refractivity contribution in [3.63, 3.8) is 0 Å². The van der Waals surface area contributed by atoms with E-state index in [1.165, 1.54) is 0 Å². The van der Waals surface area contributed by atoms with Gasteiger partial charge in [-0.3, -0.25) is 0 Å². The van der Waals surface area contributed by atoms with Crippen molar-refractivity contribution >= 4 is 26.0 Å². The molecule has 2 atom stereocenters. The molecular formula is C12H15BrN2O2S. The average molecular weight is 331 g/mol. The van der Waals surface area contributed by atoms with Gasteiger partial charge in [-0.2, -0.15) is 4.31 Å². The Morgan fingerprint density at radius 3 is 2.83 bits per heavy atom. The van der Waals surface area contributed by atoms with Crippen LogP contribution in [0.2, 0.25) is 0 Å². The lowest BCUT2D eigenvalue weighted by Crippen LogP contribution is -2.39. The highest BCUT2D eigenvalue weighted by Crippen LogP contribution is 2.34. The van der Waals surface area contributed by atoms with Gasteiger partial charge in [0, 0.05) is 23.6 Å². The van der Waals surface area contributed by atoms with E-state index < -0.39 is 10.0 Å². The Balaban J connectivity index is 1.98. The van der Waals surface area contributed by atoms with Gasteiger partial charge >= 0.3 is 0 Å². The van der Waals surface area contributed by atoms with Crippen LogP contribution >= 0.6 is 15.9 Å². The molecule has 2 heterocycles. The summed E-state index contributed by atoms with van der Waals surface area (Å²) in [6.45, 7) is 2.35. The normalized spacial score (nSPS) is 28.5. The molecule has 0 aliphatic carbocycles. The van der Waals surface area contributed by atoms with Crippen molar-refractivity contribution < 1.29 is 8.42 Å². The lowest BCUT2D eigenvalue weighted by Gasteiger charge is -2.23. The van der Waals surface area contributed by atoms with Gasteiger partial charge in [0.05, 0.1) is 4.90 Å². The second-order valence-electron chi connectivity index (χ2n) is 4.82. The van der Waals surface area contributed by atoms with Crippen molar-refractivity contribution in [1.82, 2.24) is 9.62 Å². The number of sulfonamides is 1. The first kappa shape index (κ1) is 12.6. The van der Waals surface area contributed by atoms with E-state index in [1.54, 1.807) is 22.5 Å². The van der Waals surface area contributed by atoms with Crippen molar-refractivity contribution in [3.05, 3.63) is 28.7 Å². The molecule has 1 aromatic carbocycles. The van der Waals surface area contributed by atoms with Gasteiger partial charge in [-0.1, -0.05) is 12.1 Å². The molecule has 6 heteroatoms. The molecule has 2 aliphatic rings. The van der Waals surface area contributed by atoms with Gasteiger partial charge in [0.15, 0.2) is 0 Å². The summed E-state index contributed by atoms with van der Waals surface area (Å²) >= 11 is 3.33. The number of hydrogen-bond donors (Lipinski definition) is 1. The first-order valence-electron chi connectivity index (χ1n) is 6.08. The van der Waals surface area contributed by atoms with Crippen LogP contribution in [0.1, 0.15) is 6.42 Å². The highest BCUT2D eigenvalue weighted by atomic mass is 79.9. The van der Waals surface area contributed by atoms with Gasteiger partial charge < -0.3 is 5.32 Å². The number of halogens is 1. The Bertz CT molecular complexity index is 561. The third kappa shape index (κ3) is 1.91. The fraction of sp³-hybridized carbons (Fsp3) is 0.500. The number of hydrogen-bond acceptors (Lipinski definition) is 3. The van der Waals surface area contributed by atoms with Crippen LogP contribution in [0.5, 0.6) is 0 Å². The molecule has 2 fully saturated rings. The summed E-state index contributed by atoms with van der Waals surface area (Å²) in [6.07, 6.45) is 0.960. The van der Waals surface area contributed by atoms with E-state index in [1.807, 2.05) is 6.07 Å². The molecule has 0 radical (unpaired) electrons. The topological polar surface area (TPSA) is 49.4 Å². The Morgan fingerprint density at radius 2 is 2.06 bits per heavy atom. The van der Waals surface area contributed by atoms with Gasteiger partial charge in [0.1, 0.15) is 0 Å². The molecule has 1 N–H and O–H groups in total. The zero-order valence-corrected chi connectivity index (χ0v) is 12.2. The van der Waals surface area contributed by atoms with Crippen LogP contribution in [0.15, 0.2) is 33.6 Å². The third-order valence-electron chi connectivity index (χ3n) is 3.82. The number of fused-ring (bicyclic) bond motifs is 1. The summed E-state index contributed by atoms with van der Waals surface area (Å²) in [5, 5.41) is 3.27. The van der Waals surface area contributed by atoms with Crippen molar-refractivity contribution in [2.75, 3.05) is 19.6 Å². The van der Waals surface area contributed by atoms with Crippen molar-refractivity contribution in [3.8, 4) is 0 Å². The Hall–Kier alpha value is -0.430. The summed E-state index contributed by atoms with van der Waals surface area (Å²) in [5.41, 5.74) is 0. The fourth-order valence-electron chi connectivity index (χ4n) is 2.89. The number of nitrogens with one attached hydrogen (secondary N) is 1. The number of nitrogens with zero attached hydrogens (tertiary/aromatic N) is 1. The summed E-state index contributed by atoms with van der Waals surface area (Å²) in [4.78, 5) is 0.373. The molecule has 3 rings (SSSR count). The van der Waals surface area contributed by atoms with E-state index in [0.717, 1.165) is 19.5 Å². The van der Waals surface area contributed by atoms with E-state index in [4.69, 9.17) is 0 Å². The number of benzene rings is 1. The summed E-state index contributed by atoms with van der Waals surface area (Å²) in [5.74, 6) is 0.474. The first-order valence-corrected chi connectivity index (χ1v) is 8.31. The third-order valence-corrected chi connectivity index (χ3v) is 6.75. The lowest BCUT2D eigenvalue weighted by atomic mass is 10.1. The van der Waals surface area contributed by atoms with Gasteiger partial charge in [0.25, 0.3) is 0 Å². The second kappa shape index (κ2) is 4.59. The molecule has 98 valence electrons. The van der Waals surface area contributed by atoms with Crippen LogP contribution in [-0.4, -0.2) is 38.4 Å². The van der Waals surface area contributed by atoms with Crippen molar-refractivity contribution in [1.29, 1.82) is 0 Å². The van der Waals surface area contributed by atoms with Crippen LogP contribution < -0.4 is 5.32 Å². The van der Waals surface area contributed by atoms with Crippen LogP contribution in [0.4, 0.5) is 0 Å². The Morgan fingerprint density at radius 1 is 1.28 bits per heavy atom. The minimum atomic E-state index is -3.38. The van der Waals surface area contributed by atoms with Crippen molar-refractivity contribution in [2.24, 2.45) is 5.92 Å². The maximum absolute atomic E-state index is 12.7. The number of rotatable bonds is 2. The molecular weight excluding hydrogens is 316 g/mol. The monoisotopic (exact) mass is 330 g/mol. The van der Waals surface area contributed by atoms with E-state index in [9.17, 15) is 8.42 Å². The van der Waals surface area contributed by atoms with Crippen molar-refractivity contribution in [2.45, 2.75) is 17.4 Å². The first-order chi connectivity index (χ1) is 8.60. The highest BCUT2D eigenvalue weighted by molar-refractivity contribution is 9.10. The summed E-state index contributed by atoms with van der Waals surface area (Å²) < 4.78 is 27.6. The molecule has 0 aromatic heterocycles. The molecule has 0 bridgehead atoms.